The molecule has 116 valence electrons. The Kier molecular flexibility index (Phi) is 4.90. The average Bonchev–Trinajstić information content (AvgIpc) is 3.14. The van der Waals surface area contributed by atoms with E-state index in [9.17, 15) is 4.79 Å². The molecule has 0 bridgehead atoms. The van der Waals surface area contributed by atoms with E-state index >= 15 is 0 Å². The lowest BCUT2D eigenvalue weighted by Gasteiger charge is -2.10. The summed E-state index contributed by atoms with van der Waals surface area (Å²) in [6, 6.07) is 3.90. The molecule has 22 heavy (non-hydrogen) atoms. The first kappa shape index (κ1) is 15.2. The van der Waals surface area contributed by atoms with Crippen LogP contribution >= 0.6 is 22.9 Å². The van der Waals surface area contributed by atoms with Crippen molar-refractivity contribution in [3.8, 4) is 0 Å². The minimum absolute atomic E-state index is 0.0494. The number of halogens is 1. The molecule has 0 aliphatic heterocycles. The number of hydrogen-bond acceptors (Lipinski definition) is 5. The molecule has 7 heteroatoms. The van der Waals surface area contributed by atoms with Gasteiger partial charge in [0.05, 0.1) is 17.1 Å². The highest BCUT2D eigenvalue weighted by molar-refractivity contribution is 7.13. The second-order valence-corrected chi connectivity index (χ2v) is 6.65. The highest BCUT2D eigenvalue weighted by atomic mass is 35.5. The van der Waals surface area contributed by atoms with Crippen LogP contribution in [0.1, 0.15) is 31.4 Å². The summed E-state index contributed by atoms with van der Waals surface area (Å²) in [5.74, 6) is 0.731. The Bertz CT molecular complexity index is 637. The van der Waals surface area contributed by atoms with Gasteiger partial charge in [0.1, 0.15) is 5.82 Å². The number of hydrogen-bond donors (Lipinski definition) is 2. The molecule has 5 nitrogen and oxygen atoms in total. The molecule has 1 amide bonds. The molecule has 0 atom stereocenters. The van der Waals surface area contributed by atoms with Gasteiger partial charge in [-0.2, -0.15) is 0 Å². The Hall–Kier alpha value is -1.66. The third-order valence-electron chi connectivity index (χ3n) is 3.58. The highest BCUT2D eigenvalue weighted by Crippen LogP contribution is 2.21. The second kappa shape index (κ2) is 7.07. The molecule has 2 aromatic heterocycles. The maximum Gasteiger partial charge on any atom is 0.226 e. The van der Waals surface area contributed by atoms with Gasteiger partial charge in [-0.05, 0) is 25.0 Å². The predicted molar refractivity (Wildman–Crippen MR) is 88.7 cm³/mol. The minimum atomic E-state index is 0.0494. The zero-order valence-electron chi connectivity index (χ0n) is 12.0. The summed E-state index contributed by atoms with van der Waals surface area (Å²) in [6.07, 6.45) is 6.51. The van der Waals surface area contributed by atoms with Crippen molar-refractivity contribution in [1.29, 1.82) is 0 Å². The van der Waals surface area contributed by atoms with Gasteiger partial charge in [-0.3, -0.25) is 4.79 Å². The van der Waals surface area contributed by atoms with Crippen LogP contribution in [0, 0.1) is 0 Å². The van der Waals surface area contributed by atoms with E-state index in [4.69, 9.17) is 11.6 Å². The summed E-state index contributed by atoms with van der Waals surface area (Å²) < 4.78 is 0. The van der Waals surface area contributed by atoms with Crippen LogP contribution in [0.5, 0.6) is 0 Å². The number of aromatic nitrogens is 2. The first-order chi connectivity index (χ1) is 10.7. The molecular weight excluding hydrogens is 320 g/mol. The summed E-state index contributed by atoms with van der Waals surface area (Å²) >= 11 is 7.26. The molecule has 0 saturated heterocycles. The summed E-state index contributed by atoms with van der Waals surface area (Å²) in [4.78, 5) is 20.6. The van der Waals surface area contributed by atoms with Crippen molar-refractivity contribution < 1.29 is 4.79 Å². The summed E-state index contributed by atoms with van der Waals surface area (Å²) in [5, 5.41) is 9.38. The van der Waals surface area contributed by atoms with E-state index in [0.29, 0.717) is 23.3 Å². The van der Waals surface area contributed by atoms with Crippen molar-refractivity contribution in [1.82, 2.24) is 15.3 Å². The summed E-state index contributed by atoms with van der Waals surface area (Å²) in [7, 11) is 0. The molecule has 0 unspecified atom stereocenters. The molecule has 1 aliphatic rings. The minimum Gasteiger partial charge on any atom is -0.353 e. The summed E-state index contributed by atoms with van der Waals surface area (Å²) in [6.45, 7) is 0. The third-order valence-corrected chi connectivity index (χ3v) is 4.61. The fourth-order valence-corrected chi connectivity index (χ4v) is 3.35. The van der Waals surface area contributed by atoms with Crippen LogP contribution in [0.4, 0.5) is 10.9 Å². The van der Waals surface area contributed by atoms with Gasteiger partial charge in [-0.1, -0.05) is 24.4 Å². The van der Waals surface area contributed by atoms with Crippen LogP contribution in [0.15, 0.2) is 23.7 Å². The number of rotatable bonds is 5. The molecule has 1 aliphatic carbocycles. The number of nitrogens with one attached hydrogen (secondary N) is 2. The third kappa shape index (κ3) is 4.18. The first-order valence-electron chi connectivity index (χ1n) is 7.31. The fraction of sp³-hybridized carbons (Fsp3) is 0.400. The van der Waals surface area contributed by atoms with E-state index in [1.807, 2.05) is 5.38 Å². The lowest BCUT2D eigenvalue weighted by atomic mass is 10.2. The number of thiazole rings is 1. The van der Waals surface area contributed by atoms with Crippen LogP contribution in [0.3, 0.4) is 0 Å². The van der Waals surface area contributed by atoms with Crippen LogP contribution in [0.2, 0.25) is 5.02 Å². The molecule has 0 radical (unpaired) electrons. The average molecular weight is 337 g/mol. The Morgan fingerprint density at radius 2 is 2.18 bits per heavy atom. The molecule has 2 N–H and O–H groups in total. The maximum atomic E-state index is 12.0. The maximum absolute atomic E-state index is 12.0. The summed E-state index contributed by atoms with van der Waals surface area (Å²) in [5.41, 5.74) is 0.775. The van der Waals surface area contributed by atoms with Crippen molar-refractivity contribution >= 4 is 39.8 Å². The SMILES string of the molecule is O=C(Cc1csc(Nc2ccc(Cl)cn2)n1)NC1CCCC1. The quantitative estimate of drug-likeness (QED) is 0.876. The van der Waals surface area contributed by atoms with E-state index in [1.165, 1.54) is 24.2 Å². The Morgan fingerprint density at radius 1 is 1.36 bits per heavy atom. The van der Waals surface area contributed by atoms with Gasteiger partial charge in [0, 0.05) is 17.6 Å². The van der Waals surface area contributed by atoms with E-state index in [0.717, 1.165) is 23.7 Å². The molecule has 1 fully saturated rings. The molecule has 0 spiro atoms. The number of pyridine rings is 1. The lowest BCUT2D eigenvalue weighted by molar-refractivity contribution is -0.121. The van der Waals surface area contributed by atoms with Crippen molar-refractivity contribution in [2.24, 2.45) is 0 Å². The second-order valence-electron chi connectivity index (χ2n) is 5.36. The van der Waals surface area contributed by atoms with Gasteiger partial charge in [0.15, 0.2) is 5.13 Å². The van der Waals surface area contributed by atoms with Crippen molar-refractivity contribution in [2.75, 3.05) is 5.32 Å². The van der Waals surface area contributed by atoms with E-state index in [2.05, 4.69) is 20.6 Å². The Balaban J connectivity index is 1.54. The standard InChI is InChI=1S/C15H17ClN4OS/c16-10-5-6-13(17-8-10)20-15-19-12(9-22-15)7-14(21)18-11-3-1-2-4-11/h5-6,8-9,11H,1-4,7H2,(H,18,21)(H,17,19,20). The topological polar surface area (TPSA) is 66.9 Å². The van der Waals surface area contributed by atoms with E-state index < -0.39 is 0 Å². The van der Waals surface area contributed by atoms with Gasteiger partial charge in [-0.25, -0.2) is 9.97 Å². The molecular formula is C15H17ClN4OS. The van der Waals surface area contributed by atoms with Crippen molar-refractivity contribution in [3.63, 3.8) is 0 Å². The van der Waals surface area contributed by atoms with Gasteiger partial charge < -0.3 is 10.6 Å². The van der Waals surface area contributed by atoms with Crippen LogP contribution in [-0.4, -0.2) is 21.9 Å². The zero-order valence-corrected chi connectivity index (χ0v) is 13.6. The van der Waals surface area contributed by atoms with Crippen LogP contribution in [-0.2, 0) is 11.2 Å². The number of anilines is 2. The lowest BCUT2D eigenvalue weighted by Crippen LogP contribution is -2.33. The van der Waals surface area contributed by atoms with Gasteiger partial charge in [0.25, 0.3) is 0 Å². The molecule has 1 saturated carbocycles. The Labute approximate surface area is 138 Å². The molecule has 0 aromatic carbocycles. The number of carbonyl (C=O) groups is 1. The molecule has 3 rings (SSSR count). The fourth-order valence-electron chi connectivity index (χ4n) is 2.52. The normalized spacial score (nSPS) is 15.0. The number of amides is 1. The number of nitrogens with zero attached hydrogens (tertiary/aromatic N) is 2. The predicted octanol–water partition coefficient (Wildman–Crippen LogP) is 3.54. The van der Waals surface area contributed by atoms with Gasteiger partial charge >= 0.3 is 0 Å². The highest BCUT2D eigenvalue weighted by Gasteiger charge is 2.17. The Morgan fingerprint density at radius 3 is 2.91 bits per heavy atom. The van der Waals surface area contributed by atoms with Gasteiger partial charge in [0.2, 0.25) is 5.91 Å². The van der Waals surface area contributed by atoms with Gasteiger partial charge in [-0.15, -0.1) is 11.3 Å². The van der Waals surface area contributed by atoms with Crippen molar-refractivity contribution in [3.05, 3.63) is 34.4 Å². The van der Waals surface area contributed by atoms with E-state index in [1.54, 1.807) is 18.3 Å². The van der Waals surface area contributed by atoms with Crippen molar-refractivity contribution in [2.45, 2.75) is 38.1 Å². The van der Waals surface area contributed by atoms with Crippen LogP contribution < -0.4 is 10.6 Å². The van der Waals surface area contributed by atoms with Crippen LogP contribution in [0.25, 0.3) is 0 Å². The largest absolute Gasteiger partial charge is 0.353 e. The first-order valence-corrected chi connectivity index (χ1v) is 8.57. The molecule has 2 aromatic rings. The monoisotopic (exact) mass is 336 g/mol. The zero-order chi connectivity index (χ0) is 15.4. The van der Waals surface area contributed by atoms with E-state index in [-0.39, 0.29) is 5.91 Å². The molecule has 2 heterocycles. The smallest absolute Gasteiger partial charge is 0.226 e. The number of carbonyl (C=O) groups excluding carboxylic acids is 1.